The van der Waals surface area contributed by atoms with E-state index in [-0.39, 0.29) is 0 Å². The van der Waals surface area contributed by atoms with Crippen LogP contribution >= 0.6 is 0 Å². The minimum absolute atomic E-state index is 0.821. The molecule has 0 aliphatic carbocycles. The van der Waals surface area contributed by atoms with E-state index in [1.54, 1.807) is 24.8 Å². The Morgan fingerprint density at radius 2 is 0.296 bits per heavy atom. The van der Waals surface area contributed by atoms with Crippen molar-refractivity contribution in [2.24, 2.45) is 0 Å². The van der Waals surface area contributed by atoms with Crippen molar-refractivity contribution in [2.75, 3.05) is 0 Å². The van der Waals surface area contributed by atoms with E-state index in [9.17, 15) is 0 Å². The quantitative estimate of drug-likeness (QED) is 0.107. The summed E-state index contributed by atoms with van der Waals surface area (Å²) in [6.45, 7) is 0. The fourth-order valence-electron chi connectivity index (χ4n) is 14.4. The number of aromatic nitrogens is 12. The molecule has 0 amide bonds. The van der Waals surface area contributed by atoms with Crippen LogP contribution in [0.25, 0.3) is 200 Å². The molecule has 12 nitrogen and oxygen atoms in total. The van der Waals surface area contributed by atoms with Crippen molar-refractivity contribution < 1.29 is 0 Å². The van der Waals surface area contributed by atoms with Crippen LogP contribution in [0.4, 0.5) is 0 Å². The molecule has 0 unspecified atom stereocenters. The van der Waals surface area contributed by atoms with Gasteiger partial charge < -0.3 is 0 Å². The summed E-state index contributed by atoms with van der Waals surface area (Å²) in [5.41, 5.74) is 22.7. The summed E-state index contributed by atoms with van der Waals surface area (Å²) in [5.74, 6) is 0. The molecular formula is C96H60N12. The van der Waals surface area contributed by atoms with Crippen molar-refractivity contribution in [2.45, 2.75) is 0 Å². The third-order valence-corrected chi connectivity index (χ3v) is 20.0. The fraction of sp³-hybridized carbons (Fsp3) is 0. The lowest BCUT2D eigenvalue weighted by Gasteiger charge is -2.14. The molecular weight excluding hydrogens is 1320 g/mol. The highest BCUT2D eigenvalue weighted by Gasteiger charge is 2.17. The molecule has 8 aromatic carbocycles. The van der Waals surface area contributed by atoms with Gasteiger partial charge in [0.05, 0.1) is 68.3 Å². The Bertz CT molecular complexity index is 5860. The van der Waals surface area contributed by atoms with E-state index in [1.165, 1.54) is 64.6 Å². The molecule has 20 aromatic rings. The summed E-state index contributed by atoms with van der Waals surface area (Å²) in [5, 5.41) is 14.5. The predicted molar refractivity (Wildman–Crippen MR) is 437 cm³/mol. The van der Waals surface area contributed by atoms with Crippen LogP contribution in [0.3, 0.4) is 0 Å². The molecule has 0 fully saturated rings. The Kier molecular flexibility index (Phi) is 16.6. The van der Waals surface area contributed by atoms with E-state index in [1.807, 2.05) is 171 Å². The Balaban J connectivity index is 0.000000147. The average Bonchev–Trinajstić information content (AvgIpc) is 0.742. The van der Waals surface area contributed by atoms with E-state index >= 15 is 0 Å². The second kappa shape index (κ2) is 28.1. The molecule has 12 aromatic heterocycles. The predicted octanol–water partition coefficient (Wildman–Crippen LogP) is 23.0. The fourth-order valence-corrected chi connectivity index (χ4v) is 14.4. The van der Waals surface area contributed by atoms with Crippen molar-refractivity contribution in [3.63, 3.8) is 0 Å². The molecule has 0 spiro atoms. The number of rotatable bonds is 12. The molecule has 12 heterocycles. The third kappa shape index (κ3) is 12.5. The van der Waals surface area contributed by atoms with E-state index in [2.05, 4.69) is 200 Å². The Morgan fingerprint density at radius 1 is 0.111 bits per heavy atom. The SMILES string of the molecule is c1ccc(-c2ccc(-c3ccc(-c4ccc5c6ccccc6c6ccc(-c7ccc(-c8ccc(-c9ccccn9)cn8)cn7)cc6c5c4)nc3)nc2)nc1.c1ccc(-c2ccc(-c3ccc(-c4ccc5c6ccccc6c6ccc(-c7ccc(-c8ccc(-c9ccccn9)cn8)nc7)cc6c5c4)cn3)nc2)nc1. The zero-order valence-corrected chi connectivity index (χ0v) is 58.0. The lowest BCUT2D eigenvalue weighted by atomic mass is 9.90. The van der Waals surface area contributed by atoms with Gasteiger partial charge in [0.15, 0.2) is 0 Å². The van der Waals surface area contributed by atoms with Crippen LogP contribution in [-0.2, 0) is 0 Å². The molecule has 0 bridgehead atoms. The van der Waals surface area contributed by atoms with Gasteiger partial charge in [0.2, 0.25) is 0 Å². The van der Waals surface area contributed by atoms with E-state index in [4.69, 9.17) is 29.9 Å². The van der Waals surface area contributed by atoms with Crippen molar-refractivity contribution in [1.82, 2.24) is 59.8 Å². The van der Waals surface area contributed by atoms with Crippen LogP contribution in [-0.4, -0.2) is 59.8 Å². The molecule has 20 rings (SSSR count). The monoisotopic (exact) mass is 1380 g/mol. The number of nitrogens with zero attached hydrogens (tertiary/aromatic N) is 12. The molecule has 0 aliphatic heterocycles. The van der Waals surface area contributed by atoms with Crippen molar-refractivity contribution >= 4 is 64.6 Å². The van der Waals surface area contributed by atoms with Gasteiger partial charge in [0, 0.05) is 130 Å². The van der Waals surface area contributed by atoms with Gasteiger partial charge >= 0.3 is 0 Å². The van der Waals surface area contributed by atoms with Gasteiger partial charge in [-0.3, -0.25) is 59.8 Å². The summed E-state index contributed by atoms with van der Waals surface area (Å²) < 4.78 is 0. The number of pyridine rings is 12. The Labute approximate surface area is 621 Å². The normalized spacial score (nSPS) is 11.3. The van der Waals surface area contributed by atoms with Gasteiger partial charge in [-0.1, -0.05) is 133 Å². The van der Waals surface area contributed by atoms with Crippen LogP contribution in [0.2, 0.25) is 0 Å². The first-order valence-electron chi connectivity index (χ1n) is 35.6. The van der Waals surface area contributed by atoms with Gasteiger partial charge in [0.25, 0.3) is 0 Å². The van der Waals surface area contributed by atoms with Crippen molar-refractivity contribution in [3.05, 3.63) is 366 Å². The molecule has 0 saturated carbocycles. The van der Waals surface area contributed by atoms with Gasteiger partial charge in [0.1, 0.15) is 0 Å². The number of fused-ring (bicyclic) bond motifs is 12. The number of benzene rings is 8. The van der Waals surface area contributed by atoms with Crippen LogP contribution in [0.15, 0.2) is 366 Å². The van der Waals surface area contributed by atoms with E-state index in [0.29, 0.717) is 0 Å². The van der Waals surface area contributed by atoms with E-state index < -0.39 is 0 Å². The maximum atomic E-state index is 4.90. The van der Waals surface area contributed by atoms with Crippen LogP contribution < -0.4 is 0 Å². The molecule has 0 aliphatic rings. The highest BCUT2D eigenvalue weighted by atomic mass is 14.8. The maximum Gasteiger partial charge on any atom is 0.0886 e. The Morgan fingerprint density at radius 3 is 0.528 bits per heavy atom. The van der Waals surface area contributed by atoms with Crippen LogP contribution in [0.1, 0.15) is 0 Å². The maximum absolute atomic E-state index is 4.90. The second-order valence-corrected chi connectivity index (χ2v) is 26.4. The standard InChI is InChI=1S/2C48H30N6/c1-2-8-38-37(7-1)39-17-11-31(45-19-13-35(29-51-45)47-21-15-33(27-53-47)43-9-3-5-23-49-43)25-41(39)42-26-32(12-18-40(38)42)46-20-14-36(30-52-46)48-22-16-34(28-54-48)44-10-4-6-24-50-44;1-2-8-38-37(7-1)39-17-11-31(33-13-19-45(51-27-33)47-21-15-35(29-53-47)43-9-3-5-23-49-43)25-41(39)42-26-32(12-18-40(38)42)34-14-20-46(52-28-34)48-22-16-36(30-54-48)44-10-4-6-24-50-44/h2*1-30H. The zero-order chi connectivity index (χ0) is 71.7. The summed E-state index contributed by atoms with van der Waals surface area (Å²) in [7, 11) is 0. The molecule has 0 radical (unpaired) electrons. The molecule has 504 valence electrons. The molecule has 0 atom stereocenters. The van der Waals surface area contributed by atoms with Gasteiger partial charge in [-0.25, -0.2) is 0 Å². The minimum Gasteiger partial charge on any atom is -0.256 e. The number of hydrogen-bond donors (Lipinski definition) is 0. The first-order chi connectivity index (χ1) is 53.5. The van der Waals surface area contributed by atoms with Crippen molar-refractivity contribution in [3.8, 4) is 135 Å². The van der Waals surface area contributed by atoms with Crippen LogP contribution in [0, 0.1) is 0 Å². The molecule has 108 heavy (non-hydrogen) atoms. The largest absolute Gasteiger partial charge is 0.256 e. The van der Waals surface area contributed by atoms with Crippen molar-refractivity contribution in [1.29, 1.82) is 0 Å². The first-order valence-corrected chi connectivity index (χ1v) is 35.6. The number of hydrogen-bond acceptors (Lipinski definition) is 12. The smallest absolute Gasteiger partial charge is 0.0886 e. The van der Waals surface area contributed by atoms with Gasteiger partial charge in [-0.2, -0.15) is 0 Å². The lowest BCUT2D eigenvalue weighted by molar-refractivity contribution is 1.24. The summed E-state index contributed by atoms with van der Waals surface area (Å²) in [6.07, 6.45) is 22.3. The molecule has 0 N–H and O–H groups in total. The summed E-state index contributed by atoms with van der Waals surface area (Å²) in [4.78, 5) is 56.0. The van der Waals surface area contributed by atoms with E-state index in [0.717, 1.165) is 135 Å². The molecule has 0 saturated heterocycles. The summed E-state index contributed by atoms with van der Waals surface area (Å²) in [6, 6.07) is 101. The molecule has 12 heteroatoms. The first kappa shape index (κ1) is 64.0. The van der Waals surface area contributed by atoms with Gasteiger partial charge in [-0.05, 0) is 233 Å². The average molecular weight is 1380 g/mol. The van der Waals surface area contributed by atoms with Gasteiger partial charge in [-0.15, -0.1) is 0 Å². The highest BCUT2D eigenvalue weighted by Crippen LogP contribution is 2.42. The topological polar surface area (TPSA) is 155 Å². The zero-order valence-electron chi connectivity index (χ0n) is 58.0. The lowest BCUT2D eigenvalue weighted by Crippen LogP contribution is -1.91. The minimum atomic E-state index is 0.821. The Hall–Kier alpha value is -14.9. The third-order valence-electron chi connectivity index (χ3n) is 20.0. The highest BCUT2D eigenvalue weighted by molar-refractivity contribution is 6.27. The van der Waals surface area contributed by atoms with Crippen LogP contribution in [0.5, 0.6) is 0 Å². The summed E-state index contributed by atoms with van der Waals surface area (Å²) >= 11 is 0. The second-order valence-electron chi connectivity index (χ2n) is 26.4.